The van der Waals surface area contributed by atoms with Gasteiger partial charge in [-0.2, -0.15) is 0 Å². The second kappa shape index (κ2) is 7.40. The van der Waals surface area contributed by atoms with Gasteiger partial charge in [-0.1, -0.05) is 30.3 Å². The van der Waals surface area contributed by atoms with Crippen molar-refractivity contribution in [3.63, 3.8) is 0 Å². The normalized spacial score (nSPS) is 16.2. The Morgan fingerprint density at radius 2 is 2.08 bits per heavy atom. The van der Waals surface area contributed by atoms with Gasteiger partial charge in [0.2, 0.25) is 5.89 Å². The Kier molecular flexibility index (Phi) is 4.82. The molecule has 0 aliphatic heterocycles. The number of rotatable bonds is 6. The summed E-state index contributed by atoms with van der Waals surface area (Å²) in [4.78, 5) is 6.75. The second-order valence-electron chi connectivity index (χ2n) is 6.60. The molecule has 0 spiro atoms. The number of fused-ring (bicyclic) bond motifs is 1. The zero-order chi connectivity index (χ0) is 17.9. The number of oxazole rings is 1. The Labute approximate surface area is 151 Å². The average molecular weight is 352 g/mol. The highest BCUT2D eigenvalue weighted by molar-refractivity contribution is 5.52. The van der Waals surface area contributed by atoms with E-state index in [0.717, 1.165) is 18.5 Å². The van der Waals surface area contributed by atoms with Gasteiger partial charge >= 0.3 is 0 Å². The summed E-state index contributed by atoms with van der Waals surface area (Å²) in [5.41, 5.74) is 4.11. The topological polar surface area (TPSA) is 49.5 Å². The molecule has 2 aromatic carbocycles. The summed E-state index contributed by atoms with van der Waals surface area (Å²) in [6.07, 6.45) is 3.70. The first-order valence-electron chi connectivity index (χ1n) is 8.87. The van der Waals surface area contributed by atoms with E-state index in [9.17, 15) is 9.50 Å². The van der Waals surface area contributed by atoms with Crippen LogP contribution < -0.4 is 0 Å². The molecule has 5 heteroatoms. The molecule has 1 atom stereocenters. The van der Waals surface area contributed by atoms with Crippen LogP contribution in [-0.2, 0) is 13.0 Å². The highest BCUT2D eigenvalue weighted by Crippen LogP contribution is 2.36. The van der Waals surface area contributed by atoms with Gasteiger partial charge in [-0.25, -0.2) is 9.37 Å². The van der Waals surface area contributed by atoms with Crippen molar-refractivity contribution in [3.05, 3.63) is 77.4 Å². The van der Waals surface area contributed by atoms with Gasteiger partial charge in [0.05, 0.1) is 12.3 Å². The van der Waals surface area contributed by atoms with E-state index < -0.39 is 0 Å². The maximum atomic E-state index is 13.4. The molecule has 1 heterocycles. The van der Waals surface area contributed by atoms with E-state index in [0.29, 0.717) is 24.5 Å². The minimum atomic E-state index is -0.313. The molecular formula is C21H21FN2O2. The van der Waals surface area contributed by atoms with Gasteiger partial charge in [0.25, 0.3) is 0 Å². The maximum absolute atomic E-state index is 13.4. The predicted molar refractivity (Wildman–Crippen MR) is 96.9 cm³/mol. The molecule has 0 fully saturated rings. The smallest absolute Gasteiger partial charge is 0.226 e. The van der Waals surface area contributed by atoms with Crippen LogP contribution in [0, 0.1) is 5.82 Å². The molecule has 26 heavy (non-hydrogen) atoms. The van der Waals surface area contributed by atoms with Gasteiger partial charge < -0.3 is 9.52 Å². The van der Waals surface area contributed by atoms with Crippen LogP contribution in [0.15, 0.2) is 59.2 Å². The molecule has 0 saturated carbocycles. The van der Waals surface area contributed by atoms with Crippen LogP contribution in [-0.4, -0.2) is 28.1 Å². The van der Waals surface area contributed by atoms with Crippen LogP contribution in [0.2, 0.25) is 0 Å². The van der Waals surface area contributed by atoms with E-state index in [-0.39, 0.29) is 18.5 Å². The third-order valence-corrected chi connectivity index (χ3v) is 4.92. The van der Waals surface area contributed by atoms with Crippen LogP contribution in [0.3, 0.4) is 0 Å². The summed E-state index contributed by atoms with van der Waals surface area (Å²) >= 11 is 0. The van der Waals surface area contributed by atoms with Crippen LogP contribution in [0.4, 0.5) is 4.39 Å². The molecule has 0 amide bonds. The van der Waals surface area contributed by atoms with Crippen molar-refractivity contribution in [2.45, 2.75) is 25.4 Å². The molecule has 0 radical (unpaired) electrons. The SMILES string of the molecule is OCCN(Cc1coc(-c2cccc(F)c2)n1)C1CCc2ccccc21. The highest BCUT2D eigenvalue weighted by Gasteiger charge is 2.28. The molecule has 134 valence electrons. The second-order valence-corrected chi connectivity index (χ2v) is 6.60. The Balaban J connectivity index is 1.55. The predicted octanol–water partition coefficient (Wildman–Crippen LogP) is 3.96. The number of nitrogens with zero attached hydrogens (tertiary/aromatic N) is 2. The number of halogens is 1. The van der Waals surface area contributed by atoms with Crippen molar-refractivity contribution in [3.8, 4) is 11.5 Å². The summed E-state index contributed by atoms with van der Waals surface area (Å²) in [5.74, 6) is 0.0991. The van der Waals surface area contributed by atoms with Crippen molar-refractivity contribution >= 4 is 0 Å². The minimum absolute atomic E-state index is 0.0905. The molecule has 4 rings (SSSR count). The lowest BCUT2D eigenvalue weighted by Gasteiger charge is -2.28. The van der Waals surface area contributed by atoms with Gasteiger partial charge in [-0.05, 0) is 42.2 Å². The third kappa shape index (κ3) is 3.41. The Morgan fingerprint density at radius 3 is 2.92 bits per heavy atom. The number of aliphatic hydroxyl groups excluding tert-OH is 1. The van der Waals surface area contributed by atoms with Gasteiger partial charge in [0.1, 0.15) is 12.1 Å². The van der Waals surface area contributed by atoms with E-state index in [1.807, 2.05) is 0 Å². The van der Waals surface area contributed by atoms with Crippen LogP contribution in [0.25, 0.3) is 11.5 Å². The molecular weight excluding hydrogens is 331 g/mol. The van der Waals surface area contributed by atoms with Crippen LogP contribution in [0.5, 0.6) is 0 Å². The number of aryl methyl sites for hydroxylation is 1. The standard InChI is InChI=1S/C21H21FN2O2/c22-17-6-3-5-16(12-17)21-23-18(14-26-21)13-24(10-11-25)20-9-8-15-4-1-2-7-19(15)20/h1-7,12,14,20,25H,8-11,13H2. The first-order chi connectivity index (χ1) is 12.7. The first kappa shape index (κ1) is 16.9. The number of aromatic nitrogens is 1. The summed E-state index contributed by atoms with van der Waals surface area (Å²) in [6, 6.07) is 15.0. The Hall–Kier alpha value is -2.50. The number of hydrogen-bond donors (Lipinski definition) is 1. The highest BCUT2D eigenvalue weighted by atomic mass is 19.1. The van der Waals surface area contributed by atoms with E-state index >= 15 is 0 Å². The lowest BCUT2D eigenvalue weighted by Crippen LogP contribution is -2.30. The zero-order valence-corrected chi connectivity index (χ0v) is 14.4. The summed E-state index contributed by atoms with van der Waals surface area (Å²) < 4.78 is 19.0. The quantitative estimate of drug-likeness (QED) is 0.729. The summed E-state index contributed by atoms with van der Waals surface area (Å²) in [6.45, 7) is 1.24. The van der Waals surface area contributed by atoms with Crippen molar-refractivity contribution in [1.82, 2.24) is 9.88 Å². The largest absolute Gasteiger partial charge is 0.444 e. The van der Waals surface area contributed by atoms with Crippen LogP contribution >= 0.6 is 0 Å². The molecule has 0 saturated heterocycles. The third-order valence-electron chi connectivity index (χ3n) is 4.92. The van der Waals surface area contributed by atoms with E-state index in [4.69, 9.17) is 4.42 Å². The first-order valence-corrected chi connectivity index (χ1v) is 8.87. The van der Waals surface area contributed by atoms with E-state index in [1.165, 1.54) is 23.3 Å². The minimum Gasteiger partial charge on any atom is -0.444 e. The molecule has 3 aromatic rings. The molecule has 1 aromatic heterocycles. The number of benzene rings is 2. The molecule has 1 aliphatic rings. The monoisotopic (exact) mass is 352 g/mol. The summed E-state index contributed by atoms with van der Waals surface area (Å²) in [5, 5.41) is 9.51. The van der Waals surface area contributed by atoms with Gasteiger partial charge in [0, 0.05) is 24.7 Å². The molecule has 1 aliphatic carbocycles. The fourth-order valence-corrected chi connectivity index (χ4v) is 3.73. The fraction of sp³-hybridized carbons (Fsp3) is 0.286. The Morgan fingerprint density at radius 1 is 1.19 bits per heavy atom. The Bertz CT molecular complexity index is 893. The number of hydrogen-bond acceptors (Lipinski definition) is 4. The van der Waals surface area contributed by atoms with Crippen LogP contribution in [0.1, 0.15) is 29.3 Å². The average Bonchev–Trinajstić information content (AvgIpc) is 3.28. The lowest BCUT2D eigenvalue weighted by atomic mass is 10.1. The molecule has 1 N–H and O–H groups in total. The number of aliphatic hydroxyl groups is 1. The zero-order valence-electron chi connectivity index (χ0n) is 14.4. The molecule has 4 nitrogen and oxygen atoms in total. The molecule has 0 bridgehead atoms. The summed E-state index contributed by atoms with van der Waals surface area (Å²) in [7, 11) is 0. The van der Waals surface area contributed by atoms with Gasteiger partial charge in [-0.3, -0.25) is 4.90 Å². The van der Waals surface area contributed by atoms with Gasteiger partial charge in [-0.15, -0.1) is 0 Å². The van der Waals surface area contributed by atoms with Crippen molar-refractivity contribution < 1.29 is 13.9 Å². The van der Waals surface area contributed by atoms with Crippen molar-refractivity contribution in [2.75, 3.05) is 13.2 Å². The van der Waals surface area contributed by atoms with Gasteiger partial charge in [0.15, 0.2) is 0 Å². The van der Waals surface area contributed by atoms with Crippen molar-refractivity contribution in [1.29, 1.82) is 0 Å². The van der Waals surface area contributed by atoms with E-state index in [2.05, 4.69) is 34.1 Å². The van der Waals surface area contributed by atoms with E-state index in [1.54, 1.807) is 18.4 Å². The van der Waals surface area contributed by atoms with Crippen molar-refractivity contribution in [2.24, 2.45) is 0 Å². The lowest BCUT2D eigenvalue weighted by molar-refractivity contribution is 0.141. The fourth-order valence-electron chi connectivity index (χ4n) is 3.73. The maximum Gasteiger partial charge on any atom is 0.226 e. The molecule has 1 unspecified atom stereocenters.